The summed E-state index contributed by atoms with van der Waals surface area (Å²) in [6, 6.07) is 1.79. The van der Waals surface area contributed by atoms with E-state index in [2.05, 4.69) is 4.74 Å². The predicted molar refractivity (Wildman–Crippen MR) is 68.7 cm³/mol. The van der Waals surface area contributed by atoms with Crippen molar-refractivity contribution in [3.8, 4) is 5.75 Å². The van der Waals surface area contributed by atoms with Crippen LogP contribution in [0.25, 0.3) is 0 Å². The predicted octanol–water partition coefficient (Wildman–Crippen LogP) is 2.87. The third-order valence-electron chi connectivity index (χ3n) is 3.76. The number of hydrogen-bond donors (Lipinski definition) is 0. The lowest BCUT2D eigenvalue weighted by atomic mass is 9.79. The van der Waals surface area contributed by atoms with Gasteiger partial charge in [-0.3, -0.25) is 0 Å². The molecule has 0 unspecified atom stereocenters. The summed E-state index contributed by atoms with van der Waals surface area (Å²) in [5.41, 5.74) is -1.30. The maximum Gasteiger partial charge on any atom is 0.495 e. The van der Waals surface area contributed by atoms with Gasteiger partial charge in [0.05, 0.1) is 11.2 Å². The average molecular weight is 306 g/mol. The smallest absolute Gasteiger partial charge is 0.432 e. The third-order valence-corrected chi connectivity index (χ3v) is 3.76. The maximum atomic E-state index is 13.5. The zero-order valence-corrected chi connectivity index (χ0v) is 12.0. The van der Waals surface area contributed by atoms with Crippen molar-refractivity contribution in [3.05, 3.63) is 23.8 Å². The second kappa shape index (κ2) is 5.17. The van der Waals surface area contributed by atoms with Crippen molar-refractivity contribution in [2.75, 3.05) is 0 Å². The van der Waals surface area contributed by atoms with Gasteiger partial charge in [-0.2, -0.15) is 13.2 Å². The van der Waals surface area contributed by atoms with E-state index in [9.17, 15) is 17.6 Å². The highest BCUT2D eigenvalue weighted by Gasteiger charge is 2.52. The van der Waals surface area contributed by atoms with E-state index in [-0.39, 0.29) is 5.46 Å². The van der Waals surface area contributed by atoms with Crippen molar-refractivity contribution in [2.45, 2.75) is 45.5 Å². The summed E-state index contributed by atoms with van der Waals surface area (Å²) in [6.45, 7) is 3.87. The van der Waals surface area contributed by atoms with Crippen LogP contribution in [0.3, 0.4) is 0 Å². The Kier molecular flexibility index (Phi) is 3.97. The van der Waals surface area contributed by atoms with Gasteiger partial charge in [0.2, 0.25) is 5.82 Å². The molecule has 0 atom stereocenters. The maximum absolute atomic E-state index is 13.5. The first-order valence-electron chi connectivity index (χ1n) is 6.33. The highest BCUT2D eigenvalue weighted by Crippen LogP contribution is 2.37. The lowest BCUT2D eigenvalue weighted by Crippen LogP contribution is -2.41. The Morgan fingerprint density at radius 1 is 1.05 bits per heavy atom. The first-order valence-corrected chi connectivity index (χ1v) is 6.33. The van der Waals surface area contributed by atoms with Gasteiger partial charge in [-0.1, -0.05) is 0 Å². The van der Waals surface area contributed by atoms with Crippen molar-refractivity contribution in [2.24, 2.45) is 0 Å². The zero-order valence-electron chi connectivity index (χ0n) is 12.0. The molecule has 1 aromatic carbocycles. The number of hydrogen-bond acceptors (Lipinski definition) is 3. The molecule has 1 saturated heterocycles. The molecule has 2 rings (SSSR count). The first kappa shape index (κ1) is 16.1. The molecule has 0 spiro atoms. The molecule has 0 amide bonds. The van der Waals surface area contributed by atoms with E-state index in [1.54, 1.807) is 27.7 Å². The van der Waals surface area contributed by atoms with Crippen LogP contribution in [0, 0.1) is 11.6 Å². The van der Waals surface area contributed by atoms with Gasteiger partial charge in [-0.25, -0.2) is 4.39 Å². The van der Waals surface area contributed by atoms with Crippen LogP contribution in [-0.4, -0.2) is 24.9 Å². The van der Waals surface area contributed by atoms with E-state index in [1.165, 1.54) is 0 Å². The molecule has 0 N–H and O–H groups in total. The van der Waals surface area contributed by atoms with E-state index in [0.717, 1.165) is 12.1 Å². The van der Waals surface area contributed by atoms with Crippen molar-refractivity contribution >= 4 is 12.6 Å². The quantitative estimate of drug-likeness (QED) is 0.635. The molecule has 0 aliphatic carbocycles. The summed E-state index contributed by atoms with van der Waals surface area (Å²) in [7, 11) is -0.995. The molecule has 1 aliphatic heterocycles. The van der Waals surface area contributed by atoms with Crippen molar-refractivity contribution in [1.82, 2.24) is 0 Å². The van der Waals surface area contributed by atoms with E-state index < -0.39 is 42.3 Å². The zero-order chi connectivity index (χ0) is 16.0. The Bertz CT molecular complexity index is 532. The summed E-state index contributed by atoms with van der Waals surface area (Å²) in [5.74, 6) is -3.66. The molecule has 0 aromatic heterocycles. The van der Waals surface area contributed by atoms with Gasteiger partial charge in [0.1, 0.15) is 0 Å². The number of alkyl halides is 2. The van der Waals surface area contributed by atoms with Crippen LogP contribution in [0.5, 0.6) is 5.75 Å². The van der Waals surface area contributed by atoms with E-state index in [0.29, 0.717) is 0 Å². The molecule has 8 heteroatoms. The highest BCUT2D eigenvalue weighted by molar-refractivity contribution is 6.62. The number of rotatable bonds is 3. The Morgan fingerprint density at radius 2 is 1.57 bits per heavy atom. The average Bonchev–Trinajstić information content (AvgIpc) is 2.53. The summed E-state index contributed by atoms with van der Waals surface area (Å²) in [4.78, 5) is 0. The lowest BCUT2D eigenvalue weighted by Gasteiger charge is -2.32. The van der Waals surface area contributed by atoms with Gasteiger partial charge < -0.3 is 14.0 Å². The fourth-order valence-electron chi connectivity index (χ4n) is 1.88. The van der Waals surface area contributed by atoms with Gasteiger partial charge in [-0.15, -0.1) is 0 Å². The molecule has 1 aliphatic rings. The fraction of sp³-hybridized carbons (Fsp3) is 0.538. The van der Waals surface area contributed by atoms with Gasteiger partial charge in [0.15, 0.2) is 11.6 Å². The Hall–Kier alpha value is -1.28. The molecule has 0 saturated carbocycles. The molecule has 116 valence electrons. The molecule has 0 bridgehead atoms. The molecule has 1 heterocycles. The Morgan fingerprint density at radius 3 is 2.05 bits per heavy atom. The lowest BCUT2D eigenvalue weighted by molar-refractivity contribution is -0.0524. The van der Waals surface area contributed by atoms with E-state index in [4.69, 9.17) is 9.31 Å². The summed E-state index contributed by atoms with van der Waals surface area (Å²) < 4.78 is 66.6. The van der Waals surface area contributed by atoms with Crippen LogP contribution in [0.1, 0.15) is 27.7 Å². The van der Waals surface area contributed by atoms with Crippen LogP contribution < -0.4 is 10.2 Å². The van der Waals surface area contributed by atoms with Gasteiger partial charge in [0.25, 0.3) is 0 Å². The normalized spacial score (nSPS) is 20.1. The molecule has 0 radical (unpaired) electrons. The van der Waals surface area contributed by atoms with Crippen molar-refractivity contribution in [3.63, 3.8) is 0 Å². The Balaban J connectivity index is 2.36. The SMILES string of the molecule is CC1(C)OB(c2cc(F)c(F)c(OC(F)F)c2)OC1(C)C. The minimum atomic E-state index is -3.26. The van der Waals surface area contributed by atoms with Crippen LogP contribution in [-0.2, 0) is 9.31 Å². The van der Waals surface area contributed by atoms with E-state index >= 15 is 0 Å². The molecule has 1 fully saturated rings. The highest BCUT2D eigenvalue weighted by atomic mass is 19.3. The monoisotopic (exact) mass is 306 g/mol. The van der Waals surface area contributed by atoms with Crippen LogP contribution >= 0.6 is 0 Å². The third kappa shape index (κ3) is 3.01. The molecule has 3 nitrogen and oxygen atoms in total. The first-order chi connectivity index (χ1) is 9.53. The molecule has 1 aromatic rings. The minimum Gasteiger partial charge on any atom is -0.432 e. The number of benzene rings is 1. The molecule has 21 heavy (non-hydrogen) atoms. The summed E-state index contributed by atoms with van der Waals surface area (Å²) in [6.07, 6.45) is 0. The van der Waals surface area contributed by atoms with Crippen LogP contribution in [0.15, 0.2) is 12.1 Å². The van der Waals surface area contributed by atoms with E-state index in [1.807, 2.05) is 0 Å². The second-order valence-electron chi connectivity index (χ2n) is 5.78. The minimum absolute atomic E-state index is 0.0724. The topological polar surface area (TPSA) is 27.7 Å². The van der Waals surface area contributed by atoms with Crippen molar-refractivity contribution < 1.29 is 31.6 Å². The summed E-state index contributed by atoms with van der Waals surface area (Å²) >= 11 is 0. The Labute approximate surface area is 120 Å². The molecular weight excluding hydrogens is 291 g/mol. The number of ether oxygens (including phenoxy) is 1. The molecular formula is C13H15BF4O3. The number of halogens is 4. The largest absolute Gasteiger partial charge is 0.495 e. The summed E-state index contributed by atoms with van der Waals surface area (Å²) in [5, 5.41) is 0. The second-order valence-corrected chi connectivity index (χ2v) is 5.78. The van der Waals surface area contributed by atoms with Gasteiger partial charge in [0, 0.05) is 0 Å². The van der Waals surface area contributed by atoms with Crippen LogP contribution in [0.2, 0.25) is 0 Å². The van der Waals surface area contributed by atoms with Gasteiger partial charge >= 0.3 is 13.7 Å². The van der Waals surface area contributed by atoms with Crippen LogP contribution in [0.4, 0.5) is 17.6 Å². The van der Waals surface area contributed by atoms with Crippen molar-refractivity contribution in [1.29, 1.82) is 0 Å². The standard InChI is InChI=1S/C13H15BF4O3/c1-12(2)13(3,4)21-14(20-12)7-5-8(15)10(16)9(6-7)19-11(17)18/h5-6,11H,1-4H3. The van der Waals surface area contributed by atoms with Gasteiger partial charge in [-0.05, 0) is 45.3 Å². The fourth-order valence-corrected chi connectivity index (χ4v) is 1.88.